The van der Waals surface area contributed by atoms with Gasteiger partial charge in [0, 0.05) is 17.5 Å². The van der Waals surface area contributed by atoms with Gasteiger partial charge in [0.15, 0.2) is 10.7 Å². The zero-order valence-corrected chi connectivity index (χ0v) is 15.4. The van der Waals surface area contributed by atoms with Gasteiger partial charge in [0.2, 0.25) is 5.91 Å². The maximum atomic E-state index is 12.6. The summed E-state index contributed by atoms with van der Waals surface area (Å²) in [6, 6.07) is 16.4. The minimum absolute atomic E-state index is 0.315. The Kier molecular flexibility index (Phi) is 4.60. The number of nitrogens with one attached hydrogen (secondary N) is 1. The molecule has 0 fully saturated rings. The molecular formula is C20H17N3O3S. The number of nitrogens with zero attached hydrogens (tertiary/aromatic N) is 2. The molecule has 0 aliphatic carbocycles. The summed E-state index contributed by atoms with van der Waals surface area (Å²) in [5.41, 5.74) is 2.24. The van der Waals surface area contributed by atoms with Crippen molar-refractivity contribution < 1.29 is 9.21 Å². The summed E-state index contributed by atoms with van der Waals surface area (Å²) in [6.45, 7) is 1.66. The number of rotatable bonds is 5. The Balaban J connectivity index is 1.50. The SMILES string of the molecule is CC(C(=O)Nc1ncc(Cc2ccccc2)s1)n1c(=O)oc2ccccc21. The van der Waals surface area contributed by atoms with Crippen LogP contribution in [0.3, 0.4) is 0 Å². The number of oxazole rings is 1. The molecule has 136 valence electrons. The van der Waals surface area contributed by atoms with Gasteiger partial charge in [-0.15, -0.1) is 11.3 Å². The van der Waals surface area contributed by atoms with Gasteiger partial charge in [0.1, 0.15) is 6.04 Å². The Morgan fingerprint density at radius 3 is 2.74 bits per heavy atom. The molecule has 0 aliphatic heterocycles. The molecule has 1 amide bonds. The van der Waals surface area contributed by atoms with E-state index in [-0.39, 0.29) is 5.91 Å². The van der Waals surface area contributed by atoms with Crippen LogP contribution >= 0.6 is 11.3 Å². The van der Waals surface area contributed by atoms with Crippen LogP contribution in [0.5, 0.6) is 0 Å². The Labute approximate surface area is 159 Å². The lowest BCUT2D eigenvalue weighted by atomic mass is 10.1. The molecule has 4 rings (SSSR count). The molecule has 7 heteroatoms. The van der Waals surface area contributed by atoms with E-state index in [0.29, 0.717) is 16.2 Å². The van der Waals surface area contributed by atoms with Gasteiger partial charge in [0.05, 0.1) is 5.52 Å². The van der Waals surface area contributed by atoms with Crippen molar-refractivity contribution in [1.82, 2.24) is 9.55 Å². The Bertz CT molecular complexity index is 1140. The lowest BCUT2D eigenvalue weighted by Crippen LogP contribution is -2.29. The molecule has 2 aromatic heterocycles. The van der Waals surface area contributed by atoms with Gasteiger partial charge in [-0.2, -0.15) is 0 Å². The van der Waals surface area contributed by atoms with Crippen LogP contribution in [0.1, 0.15) is 23.4 Å². The van der Waals surface area contributed by atoms with Gasteiger partial charge < -0.3 is 9.73 Å². The number of aromatic nitrogens is 2. The number of benzene rings is 2. The second-order valence-corrected chi connectivity index (χ2v) is 7.28. The summed E-state index contributed by atoms with van der Waals surface area (Å²) >= 11 is 1.42. The monoisotopic (exact) mass is 379 g/mol. The van der Waals surface area contributed by atoms with E-state index < -0.39 is 11.8 Å². The lowest BCUT2D eigenvalue weighted by molar-refractivity contribution is -0.118. The molecule has 2 aromatic carbocycles. The highest BCUT2D eigenvalue weighted by Crippen LogP contribution is 2.23. The van der Waals surface area contributed by atoms with Gasteiger partial charge in [-0.05, 0) is 24.6 Å². The predicted octanol–water partition coefficient (Wildman–Crippen LogP) is 3.84. The van der Waals surface area contributed by atoms with Gasteiger partial charge in [-0.1, -0.05) is 42.5 Å². The van der Waals surface area contributed by atoms with Gasteiger partial charge in [0.25, 0.3) is 0 Å². The fraction of sp³-hybridized carbons (Fsp3) is 0.150. The summed E-state index contributed by atoms with van der Waals surface area (Å²) in [4.78, 5) is 30.1. The van der Waals surface area contributed by atoms with Gasteiger partial charge in [-0.25, -0.2) is 9.78 Å². The van der Waals surface area contributed by atoms with Crippen LogP contribution in [0.25, 0.3) is 11.1 Å². The average molecular weight is 379 g/mol. The van der Waals surface area contributed by atoms with Gasteiger partial charge >= 0.3 is 5.76 Å². The second kappa shape index (κ2) is 7.20. The maximum Gasteiger partial charge on any atom is 0.420 e. The van der Waals surface area contributed by atoms with Gasteiger partial charge in [-0.3, -0.25) is 9.36 Å². The number of hydrogen-bond donors (Lipinski definition) is 1. The van der Waals surface area contributed by atoms with E-state index in [0.717, 1.165) is 11.3 Å². The summed E-state index contributed by atoms with van der Waals surface area (Å²) in [6.07, 6.45) is 2.52. The first-order valence-electron chi connectivity index (χ1n) is 8.51. The molecule has 0 saturated carbocycles. The number of amides is 1. The zero-order chi connectivity index (χ0) is 18.8. The standard InChI is InChI=1S/C20H17N3O3S/c1-13(23-16-9-5-6-10-17(16)26-20(23)25)18(24)22-19-21-12-15(27-19)11-14-7-3-2-4-8-14/h2-10,12-13H,11H2,1H3,(H,21,22,24). The molecule has 0 bridgehead atoms. The molecule has 1 N–H and O–H groups in total. The van der Waals surface area contributed by atoms with E-state index in [2.05, 4.69) is 22.4 Å². The molecule has 6 nitrogen and oxygen atoms in total. The highest BCUT2D eigenvalue weighted by molar-refractivity contribution is 7.15. The summed E-state index contributed by atoms with van der Waals surface area (Å²) in [5, 5.41) is 3.31. The maximum absolute atomic E-state index is 12.6. The quantitative estimate of drug-likeness (QED) is 0.571. The molecule has 0 saturated heterocycles. The van der Waals surface area contributed by atoms with Crippen LogP contribution in [-0.2, 0) is 11.2 Å². The third kappa shape index (κ3) is 3.54. The van der Waals surface area contributed by atoms with Crippen molar-refractivity contribution in [1.29, 1.82) is 0 Å². The first-order chi connectivity index (χ1) is 13.1. The minimum atomic E-state index is -0.720. The fourth-order valence-electron chi connectivity index (χ4n) is 2.92. The first kappa shape index (κ1) is 17.2. The summed E-state index contributed by atoms with van der Waals surface area (Å²) < 4.78 is 6.56. The molecule has 27 heavy (non-hydrogen) atoms. The number of hydrogen-bond acceptors (Lipinski definition) is 5. The highest BCUT2D eigenvalue weighted by Gasteiger charge is 2.22. The van der Waals surface area contributed by atoms with Crippen LogP contribution in [0.15, 0.2) is 70.0 Å². The number of thiazole rings is 1. The number of para-hydroxylation sites is 2. The third-order valence-electron chi connectivity index (χ3n) is 4.29. The van der Waals surface area contributed by atoms with E-state index in [1.165, 1.54) is 21.5 Å². The van der Waals surface area contributed by atoms with E-state index in [4.69, 9.17) is 4.42 Å². The van der Waals surface area contributed by atoms with Crippen LogP contribution in [0.4, 0.5) is 5.13 Å². The number of carbonyl (C=O) groups is 1. The van der Waals surface area contributed by atoms with Crippen LogP contribution in [-0.4, -0.2) is 15.5 Å². The largest absolute Gasteiger partial charge is 0.420 e. The molecule has 1 unspecified atom stereocenters. The van der Waals surface area contributed by atoms with Crippen molar-refractivity contribution in [3.63, 3.8) is 0 Å². The van der Waals surface area contributed by atoms with Crippen molar-refractivity contribution >= 4 is 33.5 Å². The number of fused-ring (bicyclic) bond motifs is 1. The van der Waals surface area contributed by atoms with E-state index in [1.807, 2.05) is 18.2 Å². The topological polar surface area (TPSA) is 77.1 Å². The Morgan fingerprint density at radius 1 is 1.19 bits per heavy atom. The van der Waals surface area contributed by atoms with E-state index >= 15 is 0 Å². The van der Waals surface area contributed by atoms with Crippen molar-refractivity contribution in [3.8, 4) is 0 Å². The van der Waals surface area contributed by atoms with Crippen molar-refractivity contribution in [2.45, 2.75) is 19.4 Å². The molecule has 2 heterocycles. The molecule has 0 spiro atoms. The highest BCUT2D eigenvalue weighted by atomic mass is 32.1. The zero-order valence-electron chi connectivity index (χ0n) is 14.6. The van der Waals surface area contributed by atoms with Crippen molar-refractivity contribution in [2.75, 3.05) is 5.32 Å². The van der Waals surface area contributed by atoms with Crippen molar-refractivity contribution in [3.05, 3.63) is 81.8 Å². The molecule has 1 atom stereocenters. The molecular weight excluding hydrogens is 362 g/mol. The van der Waals surface area contributed by atoms with Crippen LogP contribution < -0.4 is 11.1 Å². The predicted molar refractivity (Wildman–Crippen MR) is 105 cm³/mol. The third-order valence-corrected chi connectivity index (χ3v) is 5.20. The second-order valence-electron chi connectivity index (χ2n) is 6.17. The molecule has 0 radical (unpaired) electrons. The fourth-order valence-corrected chi connectivity index (χ4v) is 3.77. The minimum Gasteiger partial charge on any atom is -0.408 e. The Morgan fingerprint density at radius 2 is 1.93 bits per heavy atom. The van der Waals surface area contributed by atoms with Crippen LogP contribution in [0, 0.1) is 0 Å². The molecule has 0 aliphatic rings. The first-order valence-corrected chi connectivity index (χ1v) is 9.33. The van der Waals surface area contributed by atoms with Crippen molar-refractivity contribution in [2.24, 2.45) is 0 Å². The summed E-state index contributed by atoms with van der Waals surface area (Å²) in [5.74, 6) is -0.869. The van der Waals surface area contributed by atoms with Crippen LogP contribution in [0.2, 0.25) is 0 Å². The number of carbonyl (C=O) groups excluding carboxylic acids is 1. The Hall–Kier alpha value is -3.19. The normalized spacial score (nSPS) is 12.2. The summed E-state index contributed by atoms with van der Waals surface area (Å²) in [7, 11) is 0. The van der Waals surface area contributed by atoms with E-state index in [1.54, 1.807) is 37.4 Å². The smallest absolute Gasteiger partial charge is 0.408 e. The van der Waals surface area contributed by atoms with E-state index in [9.17, 15) is 9.59 Å². The average Bonchev–Trinajstić information content (AvgIpc) is 3.24. The number of anilines is 1. The molecule has 4 aromatic rings. The lowest BCUT2D eigenvalue weighted by Gasteiger charge is -2.11.